The van der Waals surface area contributed by atoms with Gasteiger partial charge in [0.25, 0.3) is 11.1 Å². The van der Waals surface area contributed by atoms with Crippen LogP contribution in [0.5, 0.6) is 11.5 Å². The molecule has 41 heavy (non-hydrogen) atoms. The Morgan fingerprint density at radius 1 is 0.610 bits per heavy atom. The van der Waals surface area contributed by atoms with Gasteiger partial charge in [-0.15, -0.1) is 0 Å². The molecule has 0 saturated carbocycles. The molecule has 9 heteroatoms. The number of hydrogen-bond donors (Lipinski definition) is 2. The molecular weight excluding hydrogens is 516 g/mol. The molecule has 0 unspecified atom stereocenters. The second-order valence-electron chi connectivity index (χ2n) is 9.43. The van der Waals surface area contributed by atoms with Crippen LogP contribution in [-0.4, -0.2) is 20.4 Å². The van der Waals surface area contributed by atoms with Gasteiger partial charge in [-0.2, -0.15) is 20.7 Å². The first kappa shape index (κ1) is 25.2. The Bertz CT molecular complexity index is 2010. The molecule has 0 amide bonds. The average Bonchev–Trinajstić information content (AvgIpc) is 3.01. The molecule has 0 aliphatic heterocycles. The van der Waals surface area contributed by atoms with Crippen molar-refractivity contribution in [3.8, 4) is 23.6 Å². The number of nitriles is 2. The SMILES string of the molecule is N#Cc1cc(Cc2n[nH]c(=O)c3ccccc23)ccc1Oc1ccc(Cc2n[nH]c(=O)c3ccccc23)cc1C#N. The maximum Gasteiger partial charge on any atom is 0.272 e. The highest BCUT2D eigenvalue weighted by Gasteiger charge is 2.14. The molecule has 0 spiro atoms. The fraction of sp³-hybridized carbons (Fsp3) is 0.0625. The molecule has 0 aliphatic rings. The van der Waals surface area contributed by atoms with Crippen LogP contribution in [0.3, 0.4) is 0 Å². The summed E-state index contributed by atoms with van der Waals surface area (Å²) in [4.78, 5) is 24.2. The lowest BCUT2D eigenvalue weighted by atomic mass is 10.0. The Hall–Kier alpha value is -6.06. The third-order valence-electron chi connectivity index (χ3n) is 6.84. The largest absolute Gasteiger partial charge is 0.455 e. The van der Waals surface area contributed by atoms with Crippen molar-refractivity contribution in [2.75, 3.05) is 0 Å². The predicted octanol–water partition coefficient (Wildman–Crippen LogP) is 4.88. The summed E-state index contributed by atoms with van der Waals surface area (Å²) in [5, 5.41) is 35.8. The molecule has 2 heterocycles. The molecule has 2 aromatic heterocycles. The Kier molecular flexibility index (Phi) is 6.52. The Labute approximate surface area is 232 Å². The molecule has 2 N–H and O–H groups in total. The number of aromatic amines is 2. The highest BCUT2D eigenvalue weighted by Crippen LogP contribution is 2.30. The number of nitrogens with one attached hydrogen (secondary N) is 2. The summed E-state index contributed by atoms with van der Waals surface area (Å²) in [5.41, 5.74) is 3.09. The van der Waals surface area contributed by atoms with E-state index in [1.54, 1.807) is 48.5 Å². The third kappa shape index (κ3) is 4.91. The van der Waals surface area contributed by atoms with Crippen molar-refractivity contribution in [2.24, 2.45) is 0 Å². The molecule has 4 aromatic carbocycles. The number of ether oxygens (including phenoxy) is 1. The van der Waals surface area contributed by atoms with Crippen molar-refractivity contribution in [1.29, 1.82) is 10.5 Å². The first-order chi connectivity index (χ1) is 20.0. The van der Waals surface area contributed by atoms with E-state index in [0.717, 1.165) is 21.9 Å². The van der Waals surface area contributed by atoms with Crippen molar-refractivity contribution in [1.82, 2.24) is 20.4 Å². The number of H-pyrrole nitrogens is 2. The number of fused-ring (bicyclic) bond motifs is 2. The normalized spacial score (nSPS) is 10.8. The number of nitrogens with zero attached hydrogens (tertiary/aromatic N) is 4. The van der Waals surface area contributed by atoms with Crippen LogP contribution in [0.4, 0.5) is 0 Å². The van der Waals surface area contributed by atoms with E-state index in [2.05, 4.69) is 32.5 Å². The van der Waals surface area contributed by atoms with E-state index in [1.807, 2.05) is 36.4 Å². The summed E-state index contributed by atoms with van der Waals surface area (Å²) in [6.07, 6.45) is 0.801. The Morgan fingerprint density at radius 3 is 1.44 bits per heavy atom. The van der Waals surface area contributed by atoms with Gasteiger partial charge in [0, 0.05) is 23.6 Å². The zero-order chi connectivity index (χ0) is 28.3. The molecule has 0 fully saturated rings. The molecular formula is C32H20N6O3. The van der Waals surface area contributed by atoms with Crippen LogP contribution in [0, 0.1) is 22.7 Å². The van der Waals surface area contributed by atoms with Crippen LogP contribution < -0.4 is 15.9 Å². The smallest absolute Gasteiger partial charge is 0.272 e. The van der Waals surface area contributed by atoms with Gasteiger partial charge in [0.1, 0.15) is 23.6 Å². The molecule has 6 rings (SSSR count). The van der Waals surface area contributed by atoms with Gasteiger partial charge in [-0.25, -0.2) is 10.2 Å². The summed E-state index contributed by atoms with van der Waals surface area (Å²) >= 11 is 0. The fourth-order valence-corrected chi connectivity index (χ4v) is 4.84. The van der Waals surface area contributed by atoms with Gasteiger partial charge >= 0.3 is 0 Å². The molecule has 9 nitrogen and oxygen atoms in total. The monoisotopic (exact) mass is 536 g/mol. The summed E-state index contributed by atoms with van der Waals surface area (Å²) < 4.78 is 6.03. The lowest BCUT2D eigenvalue weighted by molar-refractivity contribution is 0.479. The van der Waals surface area contributed by atoms with Crippen molar-refractivity contribution in [3.63, 3.8) is 0 Å². The maximum atomic E-state index is 12.1. The molecule has 0 bridgehead atoms. The van der Waals surface area contributed by atoms with Gasteiger partial charge in [0.15, 0.2) is 0 Å². The maximum absolute atomic E-state index is 12.1. The number of hydrogen-bond acceptors (Lipinski definition) is 7. The zero-order valence-corrected chi connectivity index (χ0v) is 21.5. The van der Waals surface area contributed by atoms with Crippen molar-refractivity contribution in [3.05, 3.63) is 139 Å². The molecule has 196 valence electrons. The van der Waals surface area contributed by atoms with Crippen LogP contribution >= 0.6 is 0 Å². The van der Waals surface area contributed by atoms with Crippen LogP contribution in [-0.2, 0) is 12.8 Å². The topological polar surface area (TPSA) is 148 Å². The highest BCUT2D eigenvalue weighted by molar-refractivity contribution is 5.84. The summed E-state index contributed by atoms with van der Waals surface area (Å²) in [6.45, 7) is 0. The minimum absolute atomic E-state index is 0.256. The van der Waals surface area contributed by atoms with Crippen LogP contribution in [0.2, 0.25) is 0 Å². The van der Waals surface area contributed by atoms with E-state index in [4.69, 9.17) is 4.74 Å². The molecule has 0 radical (unpaired) electrons. The predicted molar refractivity (Wildman–Crippen MR) is 153 cm³/mol. The summed E-state index contributed by atoms with van der Waals surface area (Å²) in [7, 11) is 0. The van der Waals surface area contributed by atoms with E-state index in [9.17, 15) is 20.1 Å². The second kappa shape index (κ2) is 10.6. The van der Waals surface area contributed by atoms with E-state index < -0.39 is 0 Å². The standard InChI is InChI=1S/C32H20N6O3/c33-17-21-13-19(15-27-23-5-1-3-7-25(23)31(39)37-35-27)9-11-29(21)41-30-12-10-20(14-22(30)18-34)16-28-24-6-2-4-8-26(24)32(40)38-36-28/h1-14H,15-16H2,(H,37,39)(H,38,40). The fourth-order valence-electron chi connectivity index (χ4n) is 4.84. The lowest BCUT2D eigenvalue weighted by Crippen LogP contribution is -2.11. The van der Waals surface area contributed by atoms with Crippen molar-refractivity contribution in [2.45, 2.75) is 12.8 Å². The van der Waals surface area contributed by atoms with Gasteiger partial charge in [0.2, 0.25) is 0 Å². The number of rotatable bonds is 6. The quantitative estimate of drug-likeness (QED) is 0.308. The first-order valence-electron chi connectivity index (χ1n) is 12.7. The average molecular weight is 537 g/mol. The van der Waals surface area contributed by atoms with Gasteiger partial charge in [-0.1, -0.05) is 48.5 Å². The van der Waals surface area contributed by atoms with E-state index in [0.29, 0.717) is 57.6 Å². The molecule has 0 atom stereocenters. The lowest BCUT2D eigenvalue weighted by Gasteiger charge is -2.12. The van der Waals surface area contributed by atoms with Gasteiger partial charge < -0.3 is 4.74 Å². The summed E-state index contributed by atoms with van der Waals surface area (Å²) in [6, 6.07) is 29.3. The minimum Gasteiger partial charge on any atom is -0.455 e. The van der Waals surface area contributed by atoms with E-state index in [-0.39, 0.29) is 11.1 Å². The number of aromatic nitrogens is 4. The zero-order valence-electron chi connectivity index (χ0n) is 21.5. The van der Waals surface area contributed by atoms with Crippen LogP contribution in [0.25, 0.3) is 21.5 Å². The van der Waals surface area contributed by atoms with Crippen LogP contribution in [0.1, 0.15) is 33.6 Å². The van der Waals surface area contributed by atoms with E-state index in [1.165, 1.54) is 0 Å². The van der Waals surface area contributed by atoms with Crippen LogP contribution in [0.15, 0.2) is 94.5 Å². The van der Waals surface area contributed by atoms with Gasteiger partial charge in [0.05, 0.1) is 33.3 Å². The first-order valence-corrected chi connectivity index (χ1v) is 12.7. The Balaban J connectivity index is 1.26. The minimum atomic E-state index is -0.256. The highest BCUT2D eigenvalue weighted by atomic mass is 16.5. The van der Waals surface area contributed by atoms with Gasteiger partial charge in [-0.05, 0) is 47.5 Å². The molecule has 6 aromatic rings. The van der Waals surface area contributed by atoms with Gasteiger partial charge in [-0.3, -0.25) is 9.59 Å². The van der Waals surface area contributed by atoms with Crippen molar-refractivity contribution < 1.29 is 4.74 Å². The second-order valence-corrected chi connectivity index (χ2v) is 9.43. The Morgan fingerprint density at radius 2 is 1.02 bits per heavy atom. The molecule has 0 aliphatic carbocycles. The molecule has 0 saturated heterocycles. The number of benzene rings is 4. The third-order valence-corrected chi connectivity index (χ3v) is 6.84. The summed E-state index contributed by atoms with van der Waals surface area (Å²) in [5.74, 6) is 0.626. The van der Waals surface area contributed by atoms with E-state index >= 15 is 0 Å². The van der Waals surface area contributed by atoms with Crippen molar-refractivity contribution >= 4 is 21.5 Å².